The highest BCUT2D eigenvalue weighted by Gasteiger charge is 2.27. The minimum absolute atomic E-state index is 0.00767. The molecule has 2 aliphatic rings. The van der Waals surface area contributed by atoms with Crippen LogP contribution in [0.15, 0.2) is 24.3 Å². The molecular weight excluding hydrogens is 298 g/mol. The van der Waals surface area contributed by atoms with Crippen molar-refractivity contribution in [3.63, 3.8) is 0 Å². The average Bonchev–Trinajstić information content (AvgIpc) is 3.08. The third-order valence-electron chi connectivity index (χ3n) is 5.52. The molecule has 4 heteroatoms. The molecule has 1 aliphatic heterocycles. The summed E-state index contributed by atoms with van der Waals surface area (Å²) in [4.78, 5) is 17.3. The van der Waals surface area contributed by atoms with Crippen molar-refractivity contribution in [1.82, 2.24) is 15.1 Å². The van der Waals surface area contributed by atoms with Crippen LogP contribution in [-0.2, 0) is 11.3 Å². The second-order valence-electron chi connectivity index (χ2n) is 7.47. The van der Waals surface area contributed by atoms with Crippen molar-refractivity contribution in [3.8, 4) is 0 Å². The van der Waals surface area contributed by atoms with Crippen LogP contribution < -0.4 is 5.32 Å². The average molecular weight is 329 g/mol. The Hall–Kier alpha value is -1.39. The normalized spacial score (nSPS) is 21.8. The van der Waals surface area contributed by atoms with Gasteiger partial charge in [0.15, 0.2) is 0 Å². The van der Waals surface area contributed by atoms with Gasteiger partial charge in [0.25, 0.3) is 0 Å². The summed E-state index contributed by atoms with van der Waals surface area (Å²) in [6.07, 6.45) is 4.83. The number of carbonyl (C=O) groups is 1. The number of nitrogens with one attached hydrogen (secondary N) is 1. The summed E-state index contributed by atoms with van der Waals surface area (Å²) in [5.74, 6) is 0.217. The molecule has 1 saturated heterocycles. The van der Waals surface area contributed by atoms with Crippen LogP contribution in [0.4, 0.5) is 0 Å². The van der Waals surface area contributed by atoms with E-state index in [0.29, 0.717) is 6.04 Å². The summed E-state index contributed by atoms with van der Waals surface area (Å²) in [5.41, 5.74) is 2.71. The van der Waals surface area contributed by atoms with Crippen LogP contribution in [0.1, 0.15) is 43.7 Å². The predicted molar refractivity (Wildman–Crippen MR) is 97.9 cm³/mol. The van der Waals surface area contributed by atoms with Crippen LogP contribution in [0.3, 0.4) is 0 Å². The molecule has 1 unspecified atom stereocenters. The Bertz CT molecular complexity index is 546. The fourth-order valence-corrected chi connectivity index (χ4v) is 3.94. The van der Waals surface area contributed by atoms with Gasteiger partial charge in [0.2, 0.25) is 5.91 Å². The van der Waals surface area contributed by atoms with Gasteiger partial charge in [0.1, 0.15) is 0 Å². The van der Waals surface area contributed by atoms with Gasteiger partial charge in [-0.15, -0.1) is 0 Å². The highest BCUT2D eigenvalue weighted by atomic mass is 16.2. The van der Waals surface area contributed by atoms with Gasteiger partial charge in [-0.1, -0.05) is 42.7 Å². The number of rotatable bonds is 5. The molecule has 24 heavy (non-hydrogen) atoms. The topological polar surface area (TPSA) is 35.6 Å². The molecule has 0 radical (unpaired) electrons. The van der Waals surface area contributed by atoms with Gasteiger partial charge in [0.05, 0.1) is 6.04 Å². The lowest BCUT2D eigenvalue weighted by Gasteiger charge is -2.37. The number of nitrogens with zero attached hydrogens (tertiary/aromatic N) is 2. The third kappa shape index (κ3) is 4.58. The van der Waals surface area contributed by atoms with Gasteiger partial charge < -0.3 is 5.32 Å². The van der Waals surface area contributed by atoms with Crippen LogP contribution in [0.25, 0.3) is 0 Å². The Labute approximate surface area is 146 Å². The fraction of sp³-hybridized carbons (Fsp3) is 0.650. The molecule has 0 spiro atoms. The van der Waals surface area contributed by atoms with E-state index in [1.807, 2.05) is 0 Å². The second-order valence-corrected chi connectivity index (χ2v) is 7.47. The molecule has 3 rings (SSSR count). The SMILES string of the molecule is Cc1cccc(CN2CCN(C(C)C(=O)NC3CCCC3)CC2)c1. The van der Waals surface area contributed by atoms with Gasteiger partial charge >= 0.3 is 0 Å². The van der Waals surface area contributed by atoms with E-state index in [4.69, 9.17) is 0 Å². The summed E-state index contributed by atoms with van der Waals surface area (Å²) in [5, 5.41) is 3.24. The Kier molecular flexibility index (Phi) is 5.90. The maximum atomic E-state index is 12.4. The van der Waals surface area contributed by atoms with Crippen LogP contribution in [0, 0.1) is 6.92 Å². The molecule has 1 aromatic carbocycles. The summed E-state index contributed by atoms with van der Waals surface area (Å²) in [6.45, 7) is 9.24. The predicted octanol–water partition coefficient (Wildman–Crippen LogP) is 2.56. The van der Waals surface area contributed by atoms with E-state index in [1.54, 1.807) is 0 Å². The zero-order valence-corrected chi connectivity index (χ0v) is 15.1. The quantitative estimate of drug-likeness (QED) is 0.902. The molecule has 2 fully saturated rings. The number of aryl methyl sites for hydroxylation is 1. The minimum Gasteiger partial charge on any atom is -0.352 e. The summed E-state index contributed by atoms with van der Waals surface area (Å²) in [7, 11) is 0. The lowest BCUT2D eigenvalue weighted by Crippen LogP contribution is -2.54. The van der Waals surface area contributed by atoms with Gasteiger partial charge in [-0.2, -0.15) is 0 Å². The highest BCUT2D eigenvalue weighted by molar-refractivity contribution is 5.81. The summed E-state index contributed by atoms with van der Waals surface area (Å²) < 4.78 is 0. The summed E-state index contributed by atoms with van der Waals surface area (Å²) >= 11 is 0. The Morgan fingerprint density at radius 2 is 1.92 bits per heavy atom. The van der Waals surface area contributed by atoms with Gasteiger partial charge in [-0.3, -0.25) is 14.6 Å². The van der Waals surface area contributed by atoms with E-state index < -0.39 is 0 Å². The zero-order chi connectivity index (χ0) is 16.9. The molecule has 1 aliphatic carbocycles. The van der Waals surface area contributed by atoms with Crippen molar-refractivity contribution in [2.45, 2.75) is 58.2 Å². The summed E-state index contributed by atoms with van der Waals surface area (Å²) in [6, 6.07) is 9.16. The van der Waals surface area contributed by atoms with E-state index in [0.717, 1.165) is 45.6 Å². The third-order valence-corrected chi connectivity index (χ3v) is 5.52. The molecule has 1 N–H and O–H groups in total. The number of piperazine rings is 1. The molecule has 0 aromatic heterocycles. The first-order valence-electron chi connectivity index (χ1n) is 9.44. The molecule has 1 heterocycles. The first-order valence-corrected chi connectivity index (χ1v) is 9.44. The van der Waals surface area contributed by atoms with Crippen LogP contribution in [0.2, 0.25) is 0 Å². The maximum absolute atomic E-state index is 12.4. The van der Waals surface area contributed by atoms with E-state index in [1.165, 1.54) is 24.0 Å². The van der Waals surface area contributed by atoms with Crippen molar-refractivity contribution >= 4 is 5.91 Å². The Balaban J connectivity index is 1.44. The highest BCUT2D eigenvalue weighted by Crippen LogP contribution is 2.18. The molecule has 1 amide bonds. The van der Waals surface area contributed by atoms with E-state index in [2.05, 4.69) is 53.2 Å². The van der Waals surface area contributed by atoms with Crippen molar-refractivity contribution < 1.29 is 4.79 Å². The lowest BCUT2D eigenvalue weighted by atomic mass is 10.1. The Morgan fingerprint density at radius 3 is 2.58 bits per heavy atom. The fourth-order valence-electron chi connectivity index (χ4n) is 3.94. The Morgan fingerprint density at radius 1 is 1.21 bits per heavy atom. The van der Waals surface area contributed by atoms with Gasteiger partial charge in [0, 0.05) is 38.8 Å². The molecule has 0 bridgehead atoms. The standard InChI is InChI=1S/C20H31N3O/c1-16-6-5-7-18(14-16)15-22-10-12-23(13-11-22)17(2)20(24)21-19-8-3-4-9-19/h5-7,14,17,19H,3-4,8-13,15H2,1-2H3,(H,21,24). The van der Waals surface area contributed by atoms with Crippen LogP contribution in [0.5, 0.6) is 0 Å². The monoisotopic (exact) mass is 329 g/mol. The van der Waals surface area contributed by atoms with Gasteiger partial charge in [-0.05, 0) is 32.3 Å². The molecular formula is C20H31N3O. The number of benzene rings is 1. The molecule has 1 atom stereocenters. The number of carbonyl (C=O) groups excluding carboxylic acids is 1. The lowest BCUT2D eigenvalue weighted by molar-refractivity contribution is -0.127. The molecule has 132 valence electrons. The molecule has 1 saturated carbocycles. The number of amides is 1. The van der Waals surface area contributed by atoms with E-state index in [-0.39, 0.29) is 11.9 Å². The smallest absolute Gasteiger partial charge is 0.237 e. The first-order chi connectivity index (χ1) is 11.6. The van der Waals surface area contributed by atoms with E-state index >= 15 is 0 Å². The van der Waals surface area contributed by atoms with Crippen LogP contribution in [-0.4, -0.2) is 54.0 Å². The van der Waals surface area contributed by atoms with Crippen LogP contribution >= 0.6 is 0 Å². The number of hydrogen-bond acceptors (Lipinski definition) is 3. The first kappa shape index (κ1) is 17.4. The zero-order valence-electron chi connectivity index (χ0n) is 15.1. The van der Waals surface area contributed by atoms with E-state index in [9.17, 15) is 4.79 Å². The van der Waals surface area contributed by atoms with Crippen molar-refractivity contribution in [3.05, 3.63) is 35.4 Å². The van der Waals surface area contributed by atoms with Gasteiger partial charge in [-0.25, -0.2) is 0 Å². The van der Waals surface area contributed by atoms with Crippen molar-refractivity contribution in [1.29, 1.82) is 0 Å². The van der Waals surface area contributed by atoms with Crippen molar-refractivity contribution in [2.24, 2.45) is 0 Å². The minimum atomic E-state index is -0.00767. The second kappa shape index (κ2) is 8.13. The molecule has 1 aromatic rings. The molecule has 4 nitrogen and oxygen atoms in total. The largest absolute Gasteiger partial charge is 0.352 e. The maximum Gasteiger partial charge on any atom is 0.237 e. The van der Waals surface area contributed by atoms with Crippen molar-refractivity contribution in [2.75, 3.05) is 26.2 Å². The number of hydrogen-bond donors (Lipinski definition) is 1.